The molecule has 1 amide bonds. The van der Waals surface area contributed by atoms with Gasteiger partial charge >= 0.3 is 6.61 Å². The summed E-state index contributed by atoms with van der Waals surface area (Å²) in [7, 11) is 0. The van der Waals surface area contributed by atoms with Crippen molar-refractivity contribution in [1.29, 1.82) is 0 Å². The highest BCUT2D eigenvalue weighted by molar-refractivity contribution is 7.12. The van der Waals surface area contributed by atoms with Crippen LogP contribution in [-0.2, 0) is 6.61 Å². The quantitative estimate of drug-likeness (QED) is 0.505. The van der Waals surface area contributed by atoms with Crippen LogP contribution < -0.4 is 14.8 Å². The van der Waals surface area contributed by atoms with Crippen molar-refractivity contribution in [2.45, 2.75) is 34.0 Å². The van der Waals surface area contributed by atoms with E-state index in [4.69, 9.17) is 4.74 Å². The first-order valence-electron chi connectivity index (χ1n) is 8.96. The number of ether oxygens (including phenoxy) is 2. The molecule has 2 aromatic carbocycles. The number of nitrogens with one attached hydrogen (secondary N) is 1. The molecule has 1 heterocycles. The average Bonchev–Trinajstić information content (AvgIpc) is 3.13. The molecule has 0 saturated carbocycles. The van der Waals surface area contributed by atoms with Crippen LogP contribution in [0.2, 0.25) is 0 Å². The summed E-state index contributed by atoms with van der Waals surface area (Å²) in [6.07, 6.45) is 0. The van der Waals surface area contributed by atoms with Gasteiger partial charge in [-0.3, -0.25) is 4.79 Å². The molecule has 0 spiro atoms. The molecule has 1 N–H and O–H groups in total. The predicted molar refractivity (Wildman–Crippen MR) is 110 cm³/mol. The Labute approximate surface area is 172 Å². The molecule has 0 radical (unpaired) electrons. The summed E-state index contributed by atoms with van der Waals surface area (Å²) < 4.78 is 35.5. The highest BCUT2D eigenvalue weighted by Crippen LogP contribution is 2.28. The van der Waals surface area contributed by atoms with Crippen LogP contribution in [0, 0.1) is 20.8 Å². The topological polar surface area (TPSA) is 47.6 Å². The van der Waals surface area contributed by atoms with Crippen molar-refractivity contribution in [3.8, 4) is 11.5 Å². The van der Waals surface area contributed by atoms with Crippen molar-refractivity contribution >= 4 is 22.9 Å². The molecular weight excluding hydrogens is 396 g/mol. The van der Waals surface area contributed by atoms with Crippen molar-refractivity contribution in [3.05, 3.63) is 75.0 Å². The molecule has 0 atom stereocenters. The number of amides is 1. The summed E-state index contributed by atoms with van der Waals surface area (Å²) in [5, 5.41) is 4.47. The maximum atomic E-state index is 12.6. The van der Waals surface area contributed by atoms with Gasteiger partial charge < -0.3 is 14.8 Å². The van der Waals surface area contributed by atoms with Crippen LogP contribution in [0.15, 0.2) is 47.8 Å². The van der Waals surface area contributed by atoms with Crippen LogP contribution in [0.3, 0.4) is 0 Å². The van der Waals surface area contributed by atoms with Crippen LogP contribution >= 0.6 is 11.3 Å². The number of carbonyl (C=O) groups excluding carboxylic acids is 1. The van der Waals surface area contributed by atoms with E-state index in [2.05, 4.69) is 10.1 Å². The second-order valence-corrected chi connectivity index (χ2v) is 7.60. The van der Waals surface area contributed by atoms with Gasteiger partial charge in [-0.25, -0.2) is 0 Å². The third-order valence-electron chi connectivity index (χ3n) is 4.36. The molecule has 7 heteroatoms. The maximum Gasteiger partial charge on any atom is 0.387 e. The summed E-state index contributed by atoms with van der Waals surface area (Å²) in [6, 6.07) is 12.3. The van der Waals surface area contributed by atoms with Gasteiger partial charge in [0.15, 0.2) is 0 Å². The molecule has 152 valence electrons. The lowest BCUT2D eigenvalue weighted by Gasteiger charge is -2.12. The molecule has 3 aromatic rings. The summed E-state index contributed by atoms with van der Waals surface area (Å²) in [6.45, 7) is 3.17. The molecule has 0 aliphatic heterocycles. The average molecular weight is 417 g/mol. The standard InChI is InChI=1S/C22H21F2NO3S/c1-13-4-7-18(19(8-13)28-22(23)24)25-21(26)20-10-16(12-29-20)11-27-17-6-5-14(2)15(3)9-17/h4-10,12,22H,11H2,1-3H3,(H,25,26). The smallest absolute Gasteiger partial charge is 0.387 e. The Morgan fingerprint density at radius 3 is 2.59 bits per heavy atom. The zero-order valence-corrected chi connectivity index (χ0v) is 17.1. The summed E-state index contributed by atoms with van der Waals surface area (Å²) in [5.74, 6) is 0.303. The molecule has 0 aliphatic rings. The van der Waals surface area contributed by atoms with Gasteiger partial charge in [0.1, 0.15) is 18.1 Å². The van der Waals surface area contributed by atoms with E-state index in [1.165, 1.54) is 23.0 Å². The first-order valence-corrected chi connectivity index (χ1v) is 9.84. The van der Waals surface area contributed by atoms with Crippen LogP contribution in [0.1, 0.15) is 31.9 Å². The van der Waals surface area contributed by atoms with E-state index in [-0.39, 0.29) is 11.4 Å². The number of aryl methyl sites for hydroxylation is 3. The van der Waals surface area contributed by atoms with Crippen LogP contribution in [0.4, 0.5) is 14.5 Å². The minimum absolute atomic E-state index is 0.0665. The number of halogens is 2. The van der Waals surface area contributed by atoms with Gasteiger partial charge in [-0.15, -0.1) is 11.3 Å². The lowest BCUT2D eigenvalue weighted by molar-refractivity contribution is -0.0494. The van der Waals surface area contributed by atoms with Gasteiger partial charge in [0, 0.05) is 5.56 Å². The Balaban J connectivity index is 1.66. The number of hydrogen-bond donors (Lipinski definition) is 1. The normalized spacial score (nSPS) is 10.8. The monoisotopic (exact) mass is 417 g/mol. The Bertz CT molecular complexity index is 1020. The van der Waals surface area contributed by atoms with Gasteiger partial charge in [0.05, 0.1) is 10.6 Å². The molecular formula is C22H21F2NO3S. The second-order valence-electron chi connectivity index (χ2n) is 6.69. The fourth-order valence-corrected chi connectivity index (χ4v) is 3.44. The van der Waals surface area contributed by atoms with Crippen LogP contribution in [-0.4, -0.2) is 12.5 Å². The number of carbonyl (C=O) groups is 1. The molecule has 1 aromatic heterocycles. The zero-order valence-electron chi connectivity index (χ0n) is 16.3. The summed E-state index contributed by atoms with van der Waals surface area (Å²) >= 11 is 1.26. The van der Waals surface area contributed by atoms with Crippen LogP contribution in [0.25, 0.3) is 0 Å². The molecule has 0 saturated heterocycles. The van der Waals surface area contributed by atoms with E-state index in [0.717, 1.165) is 22.4 Å². The molecule has 0 fully saturated rings. The Morgan fingerprint density at radius 1 is 1.07 bits per heavy atom. The summed E-state index contributed by atoms with van der Waals surface area (Å²) in [5.41, 5.74) is 4.14. The van der Waals surface area contributed by atoms with Crippen molar-refractivity contribution in [2.75, 3.05) is 5.32 Å². The van der Waals surface area contributed by atoms with Crippen LogP contribution in [0.5, 0.6) is 11.5 Å². The van der Waals surface area contributed by atoms with Gasteiger partial charge in [0.25, 0.3) is 5.91 Å². The summed E-state index contributed by atoms with van der Waals surface area (Å²) in [4.78, 5) is 13.0. The fourth-order valence-electron chi connectivity index (χ4n) is 2.65. The highest BCUT2D eigenvalue weighted by Gasteiger charge is 2.15. The van der Waals surface area contributed by atoms with E-state index in [1.807, 2.05) is 37.4 Å². The number of benzene rings is 2. The van der Waals surface area contributed by atoms with Crippen molar-refractivity contribution in [1.82, 2.24) is 0 Å². The maximum absolute atomic E-state index is 12.6. The molecule has 3 rings (SSSR count). The van der Waals surface area contributed by atoms with E-state index in [9.17, 15) is 13.6 Å². The number of rotatable bonds is 7. The van der Waals surface area contributed by atoms with E-state index in [1.54, 1.807) is 25.1 Å². The molecule has 0 aliphatic carbocycles. The lowest BCUT2D eigenvalue weighted by Crippen LogP contribution is -2.13. The lowest BCUT2D eigenvalue weighted by atomic mass is 10.1. The van der Waals surface area contributed by atoms with Crippen molar-refractivity contribution in [3.63, 3.8) is 0 Å². The number of alkyl halides is 2. The van der Waals surface area contributed by atoms with Crippen molar-refractivity contribution in [2.24, 2.45) is 0 Å². The largest absolute Gasteiger partial charge is 0.489 e. The minimum Gasteiger partial charge on any atom is -0.489 e. The minimum atomic E-state index is -2.97. The Kier molecular flexibility index (Phi) is 6.49. The second kappa shape index (κ2) is 9.05. The van der Waals surface area contributed by atoms with E-state index < -0.39 is 12.5 Å². The first-order chi connectivity index (χ1) is 13.8. The molecule has 29 heavy (non-hydrogen) atoms. The number of thiophene rings is 1. The Morgan fingerprint density at radius 2 is 1.86 bits per heavy atom. The fraction of sp³-hybridized carbons (Fsp3) is 0.227. The third-order valence-corrected chi connectivity index (χ3v) is 5.34. The third kappa shape index (κ3) is 5.54. The van der Waals surface area contributed by atoms with Gasteiger partial charge in [-0.05, 0) is 73.2 Å². The van der Waals surface area contributed by atoms with Gasteiger partial charge in [0.2, 0.25) is 0 Å². The Hall–Kier alpha value is -2.93. The van der Waals surface area contributed by atoms with E-state index in [0.29, 0.717) is 11.5 Å². The molecule has 4 nitrogen and oxygen atoms in total. The predicted octanol–water partition coefficient (Wildman–Crippen LogP) is 6.11. The van der Waals surface area contributed by atoms with E-state index >= 15 is 0 Å². The zero-order chi connectivity index (χ0) is 21.0. The number of anilines is 1. The molecule has 0 unspecified atom stereocenters. The van der Waals surface area contributed by atoms with Crippen molar-refractivity contribution < 1.29 is 23.0 Å². The SMILES string of the molecule is Cc1ccc(NC(=O)c2cc(COc3ccc(C)c(C)c3)cs2)c(OC(F)F)c1. The van der Waals surface area contributed by atoms with Gasteiger partial charge in [-0.2, -0.15) is 8.78 Å². The highest BCUT2D eigenvalue weighted by atomic mass is 32.1. The first kappa shape index (κ1) is 20.8. The van der Waals surface area contributed by atoms with Gasteiger partial charge in [-0.1, -0.05) is 12.1 Å². The number of hydrogen-bond acceptors (Lipinski definition) is 4. The molecule has 0 bridgehead atoms.